The van der Waals surface area contributed by atoms with E-state index in [1.165, 1.54) is 0 Å². The second kappa shape index (κ2) is 5.77. The second-order valence-electron chi connectivity index (χ2n) is 5.02. The lowest BCUT2D eigenvalue weighted by atomic mass is 10.0. The smallest absolute Gasteiger partial charge is 0.335 e. The highest BCUT2D eigenvalue weighted by Gasteiger charge is 2.07. The molecule has 0 bridgehead atoms. The van der Waals surface area contributed by atoms with E-state index in [0.29, 0.717) is 12.2 Å². The van der Waals surface area contributed by atoms with Gasteiger partial charge in [0.15, 0.2) is 0 Å². The third-order valence-corrected chi connectivity index (χ3v) is 3.59. The van der Waals surface area contributed by atoms with E-state index >= 15 is 0 Å². The van der Waals surface area contributed by atoms with Crippen molar-refractivity contribution >= 4 is 22.4 Å². The first-order valence-corrected chi connectivity index (χ1v) is 6.92. The Morgan fingerprint density at radius 3 is 2.64 bits per heavy atom. The lowest BCUT2D eigenvalue weighted by Crippen LogP contribution is -2.02. The number of aromatic carboxylic acids is 1. The standard InChI is InChI=1S/C18H15NO3/c20-17-9-8-12-4-1-2-7-15(12)16(17)11-19-14-6-3-5-13(10-14)18(21)22/h1-10,19-20H,11H2,(H,21,22). The van der Waals surface area contributed by atoms with Gasteiger partial charge in [-0.25, -0.2) is 4.79 Å². The van der Waals surface area contributed by atoms with Gasteiger partial charge in [0.1, 0.15) is 5.75 Å². The summed E-state index contributed by atoms with van der Waals surface area (Å²) in [5.74, 6) is -0.739. The summed E-state index contributed by atoms with van der Waals surface area (Å²) in [7, 11) is 0. The number of carboxylic acid groups (broad SMARTS) is 1. The van der Waals surface area contributed by atoms with Gasteiger partial charge in [-0.3, -0.25) is 0 Å². The first kappa shape index (κ1) is 13.9. The molecule has 22 heavy (non-hydrogen) atoms. The second-order valence-corrected chi connectivity index (χ2v) is 5.02. The van der Waals surface area contributed by atoms with Crippen molar-refractivity contribution in [1.82, 2.24) is 0 Å². The Bertz CT molecular complexity index is 843. The molecule has 0 aliphatic rings. The minimum Gasteiger partial charge on any atom is -0.508 e. The predicted octanol–water partition coefficient (Wildman–Crippen LogP) is 3.86. The maximum absolute atomic E-state index is 11.0. The van der Waals surface area contributed by atoms with Gasteiger partial charge in [0.2, 0.25) is 0 Å². The van der Waals surface area contributed by atoms with Gasteiger partial charge >= 0.3 is 5.97 Å². The summed E-state index contributed by atoms with van der Waals surface area (Å²) in [6.07, 6.45) is 0. The number of benzene rings is 3. The largest absolute Gasteiger partial charge is 0.508 e. The van der Waals surface area contributed by atoms with Crippen LogP contribution in [0.1, 0.15) is 15.9 Å². The Morgan fingerprint density at radius 1 is 1.00 bits per heavy atom. The summed E-state index contributed by atoms with van der Waals surface area (Å²) in [5, 5.41) is 24.3. The molecule has 4 heteroatoms. The van der Waals surface area contributed by atoms with Gasteiger partial charge in [-0.15, -0.1) is 0 Å². The highest BCUT2D eigenvalue weighted by molar-refractivity contribution is 5.89. The van der Waals surface area contributed by atoms with E-state index in [-0.39, 0.29) is 11.3 Å². The number of nitrogens with one attached hydrogen (secondary N) is 1. The van der Waals surface area contributed by atoms with Crippen LogP contribution in [0.5, 0.6) is 5.75 Å². The van der Waals surface area contributed by atoms with Crippen molar-refractivity contribution in [3.8, 4) is 5.75 Å². The molecule has 4 nitrogen and oxygen atoms in total. The van der Waals surface area contributed by atoms with Crippen molar-refractivity contribution < 1.29 is 15.0 Å². The predicted molar refractivity (Wildman–Crippen MR) is 86.3 cm³/mol. The van der Waals surface area contributed by atoms with E-state index in [4.69, 9.17) is 5.11 Å². The van der Waals surface area contributed by atoms with Crippen LogP contribution >= 0.6 is 0 Å². The number of rotatable bonds is 4. The highest BCUT2D eigenvalue weighted by Crippen LogP contribution is 2.27. The number of anilines is 1. The van der Waals surface area contributed by atoms with Crippen molar-refractivity contribution in [1.29, 1.82) is 0 Å². The Kier molecular flexibility index (Phi) is 3.66. The number of carboxylic acids is 1. The summed E-state index contributed by atoms with van der Waals surface area (Å²) in [4.78, 5) is 11.0. The summed E-state index contributed by atoms with van der Waals surface area (Å²) in [5.41, 5.74) is 1.72. The normalized spacial score (nSPS) is 10.5. The van der Waals surface area contributed by atoms with Gasteiger partial charge in [-0.05, 0) is 35.0 Å². The summed E-state index contributed by atoms with van der Waals surface area (Å²) >= 11 is 0. The van der Waals surface area contributed by atoms with Gasteiger partial charge in [-0.2, -0.15) is 0 Å². The fourth-order valence-corrected chi connectivity index (χ4v) is 2.46. The molecule has 0 aliphatic heterocycles. The summed E-state index contributed by atoms with van der Waals surface area (Å²) < 4.78 is 0. The fourth-order valence-electron chi connectivity index (χ4n) is 2.46. The van der Waals surface area contributed by atoms with E-state index in [1.54, 1.807) is 30.3 Å². The molecule has 0 fully saturated rings. The molecule has 0 atom stereocenters. The number of carbonyl (C=O) groups is 1. The van der Waals surface area contributed by atoms with Gasteiger partial charge in [-0.1, -0.05) is 36.4 Å². The van der Waals surface area contributed by atoms with Crippen LogP contribution < -0.4 is 5.32 Å². The van der Waals surface area contributed by atoms with Gasteiger partial charge in [0.25, 0.3) is 0 Å². The first-order valence-electron chi connectivity index (χ1n) is 6.92. The molecule has 0 saturated carbocycles. The van der Waals surface area contributed by atoms with Crippen molar-refractivity contribution in [2.45, 2.75) is 6.54 Å². The summed E-state index contributed by atoms with van der Waals surface area (Å²) in [6, 6.07) is 18.0. The molecule has 0 spiro atoms. The number of hydrogen-bond donors (Lipinski definition) is 3. The maximum Gasteiger partial charge on any atom is 0.335 e. The maximum atomic E-state index is 11.0. The Balaban J connectivity index is 1.89. The van der Waals surface area contributed by atoms with Gasteiger partial charge in [0.05, 0.1) is 5.56 Å². The third-order valence-electron chi connectivity index (χ3n) is 3.59. The van der Waals surface area contributed by atoms with Gasteiger partial charge in [0, 0.05) is 17.8 Å². The van der Waals surface area contributed by atoms with Crippen LogP contribution in [0.3, 0.4) is 0 Å². The SMILES string of the molecule is O=C(O)c1cccc(NCc2c(O)ccc3ccccc23)c1. The van der Waals surface area contributed by atoms with Gasteiger partial charge < -0.3 is 15.5 Å². The van der Waals surface area contributed by atoms with E-state index in [1.807, 2.05) is 30.3 Å². The molecule has 3 N–H and O–H groups in total. The van der Waals surface area contributed by atoms with Crippen molar-refractivity contribution in [3.63, 3.8) is 0 Å². The molecule has 3 aromatic carbocycles. The van der Waals surface area contributed by atoms with Crippen molar-refractivity contribution in [2.24, 2.45) is 0 Å². The van der Waals surface area contributed by atoms with Crippen LogP contribution in [0.25, 0.3) is 10.8 Å². The molecule has 0 heterocycles. The summed E-state index contributed by atoms with van der Waals surface area (Å²) in [6.45, 7) is 0.413. The molecule has 0 unspecified atom stereocenters. The molecular formula is C18H15NO3. The monoisotopic (exact) mass is 293 g/mol. The average Bonchev–Trinajstić information content (AvgIpc) is 2.54. The number of fused-ring (bicyclic) bond motifs is 1. The van der Waals surface area contributed by atoms with Crippen LogP contribution in [0.4, 0.5) is 5.69 Å². The quantitative estimate of drug-likeness (QED) is 0.683. The number of hydrogen-bond acceptors (Lipinski definition) is 3. The third kappa shape index (κ3) is 2.72. The molecule has 0 radical (unpaired) electrons. The molecule has 3 aromatic rings. The number of phenolic OH excluding ortho intramolecular Hbond substituents is 1. The molecule has 110 valence electrons. The minimum absolute atomic E-state index is 0.223. The average molecular weight is 293 g/mol. The van der Waals surface area contributed by atoms with Crippen LogP contribution in [0.2, 0.25) is 0 Å². The lowest BCUT2D eigenvalue weighted by Gasteiger charge is -2.11. The zero-order chi connectivity index (χ0) is 15.5. The van der Waals surface area contributed by atoms with Crippen LogP contribution in [0, 0.1) is 0 Å². The highest BCUT2D eigenvalue weighted by atomic mass is 16.4. The van der Waals surface area contributed by atoms with Crippen molar-refractivity contribution in [3.05, 3.63) is 71.8 Å². The Labute approximate surface area is 127 Å². The van der Waals surface area contributed by atoms with Crippen molar-refractivity contribution in [2.75, 3.05) is 5.32 Å². The molecule has 0 amide bonds. The van der Waals surface area contributed by atoms with Crippen LogP contribution in [0.15, 0.2) is 60.7 Å². The number of phenols is 1. The number of aromatic hydroxyl groups is 1. The first-order chi connectivity index (χ1) is 10.6. The molecule has 0 aromatic heterocycles. The molecule has 0 saturated heterocycles. The van der Waals surface area contributed by atoms with E-state index in [0.717, 1.165) is 16.3 Å². The minimum atomic E-state index is -0.961. The van der Waals surface area contributed by atoms with E-state index in [2.05, 4.69) is 5.32 Å². The molecule has 3 rings (SSSR count). The van der Waals surface area contributed by atoms with E-state index in [9.17, 15) is 9.90 Å². The fraction of sp³-hybridized carbons (Fsp3) is 0.0556. The van der Waals surface area contributed by atoms with Crippen LogP contribution in [-0.4, -0.2) is 16.2 Å². The Morgan fingerprint density at radius 2 is 1.82 bits per heavy atom. The zero-order valence-electron chi connectivity index (χ0n) is 11.8. The zero-order valence-corrected chi connectivity index (χ0v) is 11.8. The van der Waals surface area contributed by atoms with E-state index < -0.39 is 5.97 Å². The molecular weight excluding hydrogens is 278 g/mol. The topological polar surface area (TPSA) is 69.6 Å². The lowest BCUT2D eigenvalue weighted by molar-refractivity contribution is 0.0697. The van der Waals surface area contributed by atoms with Crippen LogP contribution in [-0.2, 0) is 6.54 Å². The molecule has 0 aliphatic carbocycles. The Hall–Kier alpha value is -3.01.